The Bertz CT molecular complexity index is 772. The Kier molecular flexibility index (Phi) is 8.86. The van der Waals surface area contributed by atoms with E-state index in [0.29, 0.717) is 30.3 Å². The van der Waals surface area contributed by atoms with Crippen molar-refractivity contribution < 1.29 is 14.3 Å². The van der Waals surface area contributed by atoms with Gasteiger partial charge in [0.25, 0.3) is 5.91 Å². The number of methoxy groups -OCH3 is 1. The molecule has 2 rings (SSSR count). The van der Waals surface area contributed by atoms with Crippen molar-refractivity contribution in [1.29, 1.82) is 0 Å². The van der Waals surface area contributed by atoms with E-state index in [-0.39, 0.29) is 5.91 Å². The molecule has 0 aliphatic carbocycles. The van der Waals surface area contributed by atoms with Crippen LogP contribution in [0.1, 0.15) is 36.8 Å². The fraction of sp³-hybridized carbons (Fsp3) is 0.476. The lowest BCUT2D eigenvalue weighted by atomic mass is 10.2. The number of rotatable bonds is 11. The maximum atomic E-state index is 12.5. The van der Waals surface area contributed by atoms with Gasteiger partial charge in [0, 0.05) is 30.3 Å². The van der Waals surface area contributed by atoms with Crippen molar-refractivity contribution in [3.8, 4) is 11.5 Å². The Hall–Kier alpha value is -1.99. The van der Waals surface area contributed by atoms with Gasteiger partial charge >= 0.3 is 0 Å². The summed E-state index contributed by atoms with van der Waals surface area (Å²) in [7, 11) is 1.63. The predicted octanol–water partition coefficient (Wildman–Crippen LogP) is 3.93. The molecule has 0 atom stereocenters. The number of ether oxygens (including phenoxy) is 2. The zero-order valence-electron chi connectivity index (χ0n) is 17.1. The molecule has 0 fully saturated rings. The van der Waals surface area contributed by atoms with Gasteiger partial charge in [-0.15, -0.1) is 0 Å². The summed E-state index contributed by atoms with van der Waals surface area (Å²) in [6, 6.07) is 7.58. The topological polar surface area (TPSA) is 55.7 Å². The number of hydrogen-bond acceptors (Lipinski definition) is 4. The summed E-state index contributed by atoms with van der Waals surface area (Å²) < 4.78 is 14.2. The van der Waals surface area contributed by atoms with Gasteiger partial charge in [0.05, 0.1) is 7.11 Å². The minimum absolute atomic E-state index is 0.105. The van der Waals surface area contributed by atoms with Crippen LogP contribution in [0, 0.1) is 0 Å². The molecule has 0 aliphatic rings. The molecule has 0 saturated carbocycles. The van der Waals surface area contributed by atoms with E-state index in [1.54, 1.807) is 7.11 Å². The number of amides is 1. The molecule has 1 aromatic carbocycles. The monoisotopic (exact) mass is 451 g/mol. The van der Waals surface area contributed by atoms with Crippen LogP contribution in [-0.2, 0) is 13.1 Å². The van der Waals surface area contributed by atoms with E-state index in [0.717, 1.165) is 36.2 Å². The number of aromatic nitrogens is 1. The van der Waals surface area contributed by atoms with Crippen molar-refractivity contribution in [2.24, 2.45) is 0 Å². The molecule has 154 valence electrons. The third-order valence-corrected chi connectivity index (χ3v) is 5.11. The van der Waals surface area contributed by atoms with Gasteiger partial charge in [-0.1, -0.05) is 19.9 Å². The van der Waals surface area contributed by atoms with E-state index in [1.165, 1.54) is 0 Å². The SMILES string of the molecule is CCN(CC)CCOc1ccc(CNC(=O)c2cc(Br)cn2CC)cc1OC. The van der Waals surface area contributed by atoms with E-state index in [1.807, 2.05) is 42.0 Å². The molecular formula is C21H30BrN3O3. The molecule has 0 saturated heterocycles. The van der Waals surface area contributed by atoms with Crippen molar-refractivity contribution in [3.63, 3.8) is 0 Å². The number of aryl methyl sites for hydroxylation is 1. The summed E-state index contributed by atoms with van der Waals surface area (Å²) in [5.41, 5.74) is 1.59. The Morgan fingerprint density at radius 1 is 1.18 bits per heavy atom. The molecule has 6 nitrogen and oxygen atoms in total. The second kappa shape index (κ2) is 11.1. The molecule has 0 bridgehead atoms. The van der Waals surface area contributed by atoms with Crippen LogP contribution in [0.15, 0.2) is 34.9 Å². The van der Waals surface area contributed by atoms with Crippen LogP contribution < -0.4 is 14.8 Å². The minimum Gasteiger partial charge on any atom is -0.493 e. The molecule has 0 unspecified atom stereocenters. The normalized spacial score (nSPS) is 10.9. The molecule has 1 N–H and O–H groups in total. The van der Waals surface area contributed by atoms with Crippen molar-refractivity contribution in [2.75, 3.05) is 33.4 Å². The second-order valence-corrected chi connectivity index (χ2v) is 7.29. The summed E-state index contributed by atoms with van der Waals surface area (Å²) in [5.74, 6) is 1.28. The van der Waals surface area contributed by atoms with Crippen molar-refractivity contribution in [3.05, 3.63) is 46.2 Å². The molecule has 28 heavy (non-hydrogen) atoms. The Morgan fingerprint density at radius 2 is 1.93 bits per heavy atom. The number of hydrogen-bond donors (Lipinski definition) is 1. The van der Waals surface area contributed by atoms with E-state index in [4.69, 9.17) is 9.47 Å². The number of nitrogens with one attached hydrogen (secondary N) is 1. The molecule has 1 aromatic heterocycles. The first-order valence-corrected chi connectivity index (χ1v) is 10.5. The lowest BCUT2D eigenvalue weighted by molar-refractivity contribution is 0.0941. The van der Waals surface area contributed by atoms with Crippen LogP contribution >= 0.6 is 15.9 Å². The van der Waals surface area contributed by atoms with Gasteiger partial charge in [-0.3, -0.25) is 4.79 Å². The van der Waals surface area contributed by atoms with Crippen LogP contribution in [0.3, 0.4) is 0 Å². The zero-order chi connectivity index (χ0) is 20.5. The molecule has 0 aliphatic heterocycles. The van der Waals surface area contributed by atoms with Gasteiger partial charge < -0.3 is 24.3 Å². The van der Waals surface area contributed by atoms with E-state index >= 15 is 0 Å². The summed E-state index contributed by atoms with van der Waals surface area (Å²) >= 11 is 3.42. The molecule has 0 spiro atoms. The average molecular weight is 452 g/mol. The Labute approximate surface area is 175 Å². The Morgan fingerprint density at radius 3 is 2.57 bits per heavy atom. The summed E-state index contributed by atoms with van der Waals surface area (Å²) in [6.45, 7) is 10.9. The second-order valence-electron chi connectivity index (χ2n) is 6.37. The lowest BCUT2D eigenvalue weighted by Crippen LogP contribution is -2.28. The van der Waals surface area contributed by atoms with Crippen LogP contribution in [0.4, 0.5) is 0 Å². The number of carbonyl (C=O) groups excluding carboxylic acids is 1. The Balaban J connectivity index is 1.96. The third-order valence-electron chi connectivity index (χ3n) is 4.68. The van der Waals surface area contributed by atoms with Crippen molar-refractivity contribution in [1.82, 2.24) is 14.8 Å². The molecular weight excluding hydrogens is 422 g/mol. The number of carbonyl (C=O) groups is 1. The van der Waals surface area contributed by atoms with E-state index in [2.05, 4.69) is 40.0 Å². The highest BCUT2D eigenvalue weighted by Gasteiger charge is 2.13. The number of likely N-dealkylation sites (N-methyl/N-ethyl adjacent to an activating group) is 1. The quantitative estimate of drug-likeness (QED) is 0.562. The highest BCUT2D eigenvalue weighted by molar-refractivity contribution is 9.10. The largest absolute Gasteiger partial charge is 0.493 e. The third kappa shape index (κ3) is 6.01. The average Bonchev–Trinajstić information content (AvgIpc) is 3.10. The van der Waals surface area contributed by atoms with Crippen LogP contribution in [0.2, 0.25) is 0 Å². The number of nitrogens with zero attached hydrogens (tertiary/aromatic N) is 2. The maximum Gasteiger partial charge on any atom is 0.268 e. The molecule has 1 heterocycles. The van der Waals surface area contributed by atoms with E-state index in [9.17, 15) is 4.79 Å². The molecule has 2 aromatic rings. The highest BCUT2D eigenvalue weighted by Crippen LogP contribution is 2.28. The first-order chi connectivity index (χ1) is 13.5. The van der Waals surface area contributed by atoms with E-state index < -0.39 is 0 Å². The molecule has 7 heteroatoms. The summed E-state index contributed by atoms with van der Waals surface area (Å²) in [5, 5.41) is 2.96. The fourth-order valence-electron chi connectivity index (χ4n) is 2.97. The minimum atomic E-state index is -0.105. The fourth-order valence-corrected chi connectivity index (χ4v) is 3.43. The van der Waals surface area contributed by atoms with Gasteiger partial charge in [0.1, 0.15) is 12.3 Å². The van der Waals surface area contributed by atoms with Gasteiger partial charge in [-0.2, -0.15) is 0 Å². The summed E-state index contributed by atoms with van der Waals surface area (Å²) in [4.78, 5) is 14.8. The first-order valence-electron chi connectivity index (χ1n) is 9.68. The van der Waals surface area contributed by atoms with Gasteiger partial charge in [-0.05, 0) is 59.7 Å². The lowest BCUT2D eigenvalue weighted by Gasteiger charge is -2.19. The number of benzene rings is 1. The highest BCUT2D eigenvalue weighted by atomic mass is 79.9. The zero-order valence-corrected chi connectivity index (χ0v) is 18.7. The van der Waals surface area contributed by atoms with Gasteiger partial charge in [-0.25, -0.2) is 0 Å². The smallest absolute Gasteiger partial charge is 0.268 e. The van der Waals surface area contributed by atoms with Crippen LogP contribution in [-0.4, -0.2) is 48.7 Å². The van der Waals surface area contributed by atoms with Gasteiger partial charge in [0.2, 0.25) is 0 Å². The summed E-state index contributed by atoms with van der Waals surface area (Å²) in [6.07, 6.45) is 1.91. The standard InChI is InChI=1S/C21H30BrN3O3/c1-5-24(6-2)10-11-28-19-9-8-16(12-20(19)27-4)14-23-21(26)18-13-17(22)15-25(18)7-3/h8-9,12-13,15H,5-7,10-11,14H2,1-4H3,(H,23,26). The van der Waals surface area contributed by atoms with Crippen LogP contribution in [0.5, 0.6) is 11.5 Å². The van der Waals surface area contributed by atoms with Gasteiger partial charge in [0.15, 0.2) is 11.5 Å². The molecule has 1 amide bonds. The first kappa shape index (κ1) is 22.3. The van der Waals surface area contributed by atoms with Crippen molar-refractivity contribution in [2.45, 2.75) is 33.9 Å². The molecule has 0 radical (unpaired) electrons. The number of halogens is 1. The van der Waals surface area contributed by atoms with Crippen LogP contribution in [0.25, 0.3) is 0 Å². The van der Waals surface area contributed by atoms with Crippen molar-refractivity contribution >= 4 is 21.8 Å². The maximum absolute atomic E-state index is 12.5. The predicted molar refractivity (Wildman–Crippen MR) is 115 cm³/mol.